The summed E-state index contributed by atoms with van der Waals surface area (Å²) in [4.78, 5) is 0. The lowest BCUT2D eigenvalue weighted by atomic mass is 10.2. The van der Waals surface area contributed by atoms with Crippen LogP contribution in [0.25, 0.3) is 0 Å². The molecule has 0 unspecified atom stereocenters. The Morgan fingerprint density at radius 3 is 2.18 bits per heavy atom. The van der Waals surface area contributed by atoms with Crippen molar-refractivity contribution in [3.8, 4) is 11.5 Å². The van der Waals surface area contributed by atoms with E-state index in [1.54, 1.807) is 14.2 Å². The van der Waals surface area contributed by atoms with Crippen molar-refractivity contribution in [3.05, 3.63) is 23.8 Å². The number of hydrogen-bond donors (Lipinski definition) is 1. The summed E-state index contributed by atoms with van der Waals surface area (Å²) in [6.45, 7) is 4.30. The first-order valence-electron chi connectivity index (χ1n) is 7.28. The molecule has 0 spiro atoms. The molecule has 1 rings (SSSR count). The molecule has 6 nitrogen and oxygen atoms in total. The minimum atomic E-state index is -3.10. The second-order valence-corrected chi connectivity index (χ2v) is 6.99. The van der Waals surface area contributed by atoms with Crippen LogP contribution in [0, 0.1) is 0 Å². The molecule has 0 saturated carbocycles. The summed E-state index contributed by atoms with van der Waals surface area (Å²) >= 11 is 0. The summed E-state index contributed by atoms with van der Waals surface area (Å²) in [6.07, 6.45) is 2.01. The van der Waals surface area contributed by atoms with Gasteiger partial charge in [-0.2, -0.15) is 0 Å². The van der Waals surface area contributed by atoms with E-state index in [4.69, 9.17) is 9.47 Å². The third-order valence-corrected chi connectivity index (χ3v) is 4.70. The fraction of sp³-hybridized carbons (Fsp3) is 0.600. The van der Waals surface area contributed by atoms with Crippen LogP contribution < -0.4 is 14.8 Å². The molecule has 1 aromatic carbocycles. The fourth-order valence-electron chi connectivity index (χ4n) is 2.14. The van der Waals surface area contributed by atoms with Crippen molar-refractivity contribution in [2.24, 2.45) is 0 Å². The molecule has 0 bridgehead atoms. The van der Waals surface area contributed by atoms with Crippen LogP contribution in [0.3, 0.4) is 0 Å². The van der Waals surface area contributed by atoms with E-state index in [2.05, 4.69) is 5.32 Å². The molecule has 0 fully saturated rings. The first-order valence-corrected chi connectivity index (χ1v) is 9.13. The van der Waals surface area contributed by atoms with E-state index in [-0.39, 0.29) is 0 Å². The van der Waals surface area contributed by atoms with E-state index < -0.39 is 10.0 Å². The van der Waals surface area contributed by atoms with E-state index in [1.165, 1.54) is 10.6 Å². The van der Waals surface area contributed by atoms with Crippen molar-refractivity contribution in [1.29, 1.82) is 0 Å². The zero-order valence-electron chi connectivity index (χ0n) is 13.8. The van der Waals surface area contributed by atoms with Crippen LogP contribution in [0.1, 0.15) is 18.9 Å². The number of rotatable bonds is 10. The predicted molar refractivity (Wildman–Crippen MR) is 88.0 cm³/mol. The second-order valence-electron chi connectivity index (χ2n) is 5.01. The molecule has 1 aromatic rings. The molecular weight excluding hydrogens is 304 g/mol. The van der Waals surface area contributed by atoms with E-state index in [1.807, 2.05) is 25.1 Å². The first-order chi connectivity index (χ1) is 10.4. The Morgan fingerprint density at radius 1 is 1.14 bits per heavy atom. The highest BCUT2D eigenvalue weighted by molar-refractivity contribution is 7.88. The number of hydrogen-bond acceptors (Lipinski definition) is 5. The van der Waals surface area contributed by atoms with Crippen LogP contribution in [0.15, 0.2) is 18.2 Å². The van der Waals surface area contributed by atoms with Crippen LogP contribution in [0.5, 0.6) is 11.5 Å². The van der Waals surface area contributed by atoms with Gasteiger partial charge in [0.15, 0.2) is 0 Å². The third-order valence-electron chi connectivity index (χ3n) is 3.32. The lowest BCUT2D eigenvalue weighted by Crippen LogP contribution is -2.32. The first kappa shape index (κ1) is 18.7. The zero-order chi connectivity index (χ0) is 16.6. The monoisotopic (exact) mass is 330 g/mol. The van der Waals surface area contributed by atoms with Gasteiger partial charge in [-0.05, 0) is 30.7 Å². The maximum absolute atomic E-state index is 11.5. The average molecular weight is 330 g/mol. The SMILES string of the molecule is CCN(CCCNCc1cc(OC)cc(OC)c1)S(C)(=O)=O. The summed E-state index contributed by atoms with van der Waals surface area (Å²) in [5.41, 5.74) is 1.06. The molecule has 126 valence electrons. The van der Waals surface area contributed by atoms with Crippen LogP contribution in [-0.4, -0.2) is 52.8 Å². The Labute approximate surface area is 133 Å². The van der Waals surface area contributed by atoms with Crippen LogP contribution in [0.4, 0.5) is 0 Å². The van der Waals surface area contributed by atoms with Gasteiger partial charge in [0, 0.05) is 25.7 Å². The lowest BCUT2D eigenvalue weighted by molar-refractivity contribution is 0.392. The van der Waals surface area contributed by atoms with Gasteiger partial charge in [0.25, 0.3) is 0 Å². The number of sulfonamides is 1. The standard InChI is InChI=1S/C15H26N2O4S/c1-5-17(22(4,18)19)8-6-7-16-12-13-9-14(20-2)11-15(10-13)21-3/h9-11,16H,5-8,12H2,1-4H3. The normalized spacial score (nSPS) is 11.7. The van der Waals surface area contributed by atoms with E-state index in [0.717, 1.165) is 30.0 Å². The van der Waals surface area contributed by atoms with Gasteiger partial charge >= 0.3 is 0 Å². The molecule has 0 heterocycles. The Hall–Kier alpha value is -1.31. The van der Waals surface area contributed by atoms with Gasteiger partial charge in [-0.25, -0.2) is 12.7 Å². The number of nitrogens with zero attached hydrogens (tertiary/aromatic N) is 1. The molecule has 0 aliphatic rings. The topological polar surface area (TPSA) is 67.9 Å². The average Bonchev–Trinajstić information content (AvgIpc) is 2.49. The van der Waals surface area contributed by atoms with Crippen molar-refractivity contribution in [2.45, 2.75) is 19.9 Å². The molecule has 0 atom stereocenters. The van der Waals surface area contributed by atoms with Gasteiger partial charge in [0.2, 0.25) is 10.0 Å². The van der Waals surface area contributed by atoms with Crippen molar-refractivity contribution < 1.29 is 17.9 Å². The molecule has 0 aliphatic heterocycles. The van der Waals surface area contributed by atoms with Crippen LogP contribution in [0.2, 0.25) is 0 Å². The molecule has 0 aliphatic carbocycles. The van der Waals surface area contributed by atoms with E-state index >= 15 is 0 Å². The molecule has 0 aromatic heterocycles. The second kappa shape index (κ2) is 8.97. The Kier molecular flexibility index (Phi) is 7.64. The molecule has 0 radical (unpaired) electrons. The molecule has 22 heavy (non-hydrogen) atoms. The molecule has 7 heteroatoms. The van der Waals surface area contributed by atoms with Crippen molar-refractivity contribution >= 4 is 10.0 Å². The predicted octanol–water partition coefficient (Wildman–Crippen LogP) is 1.47. The van der Waals surface area contributed by atoms with E-state index in [9.17, 15) is 8.42 Å². The maximum atomic E-state index is 11.5. The molecule has 1 N–H and O–H groups in total. The third kappa shape index (κ3) is 6.21. The number of methoxy groups -OCH3 is 2. The minimum Gasteiger partial charge on any atom is -0.497 e. The highest BCUT2D eigenvalue weighted by atomic mass is 32.2. The van der Waals surface area contributed by atoms with E-state index in [0.29, 0.717) is 19.6 Å². The fourth-order valence-corrected chi connectivity index (χ4v) is 3.07. The van der Waals surface area contributed by atoms with Gasteiger partial charge < -0.3 is 14.8 Å². The summed E-state index contributed by atoms with van der Waals surface area (Å²) in [7, 11) is 0.143. The van der Waals surface area contributed by atoms with Gasteiger partial charge in [-0.3, -0.25) is 0 Å². The number of ether oxygens (including phenoxy) is 2. The summed E-state index contributed by atoms with van der Waals surface area (Å²) in [5.74, 6) is 1.51. The lowest BCUT2D eigenvalue weighted by Gasteiger charge is -2.17. The quantitative estimate of drug-likeness (QED) is 0.658. The van der Waals surface area contributed by atoms with Crippen molar-refractivity contribution in [3.63, 3.8) is 0 Å². The summed E-state index contributed by atoms with van der Waals surface area (Å²) in [5, 5.41) is 3.30. The number of benzene rings is 1. The maximum Gasteiger partial charge on any atom is 0.211 e. The van der Waals surface area contributed by atoms with Gasteiger partial charge in [0.1, 0.15) is 11.5 Å². The van der Waals surface area contributed by atoms with Crippen molar-refractivity contribution in [1.82, 2.24) is 9.62 Å². The summed E-state index contributed by atoms with van der Waals surface area (Å²) < 4.78 is 34.9. The molecule has 0 amide bonds. The highest BCUT2D eigenvalue weighted by Gasteiger charge is 2.12. The zero-order valence-corrected chi connectivity index (χ0v) is 14.6. The molecule has 0 saturated heterocycles. The van der Waals surface area contributed by atoms with Gasteiger partial charge in [-0.15, -0.1) is 0 Å². The van der Waals surface area contributed by atoms with Crippen LogP contribution in [-0.2, 0) is 16.6 Å². The summed E-state index contributed by atoms with van der Waals surface area (Å²) in [6, 6.07) is 5.73. The number of nitrogens with one attached hydrogen (secondary N) is 1. The Morgan fingerprint density at radius 2 is 1.73 bits per heavy atom. The smallest absolute Gasteiger partial charge is 0.211 e. The molecular formula is C15H26N2O4S. The highest BCUT2D eigenvalue weighted by Crippen LogP contribution is 2.22. The largest absolute Gasteiger partial charge is 0.497 e. The minimum absolute atomic E-state index is 0.506. The van der Waals surface area contributed by atoms with Gasteiger partial charge in [-0.1, -0.05) is 6.92 Å². The Bertz CT molecular complexity index is 538. The van der Waals surface area contributed by atoms with Crippen LogP contribution >= 0.6 is 0 Å². The van der Waals surface area contributed by atoms with Crippen molar-refractivity contribution in [2.75, 3.05) is 40.1 Å². The van der Waals surface area contributed by atoms with Gasteiger partial charge in [0.05, 0.1) is 20.5 Å². The Balaban J connectivity index is 2.42.